The number of sulfonamides is 1. The minimum absolute atomic E-state index is 0.0806. The quantitative estimate of drug-likeness (QED) is 0.763. The van der Waals surface area contributed by atoms with E-state index in [0.717, 1.165) is 11.1 Å². The Hall–Kier alpha value is -3.07. The highest BCUT2D eigenvalue weighted by molar-refractivity contribution is 7.92. The summed E-state index contributed by atoms with van der Waals surface area (Å²) in [7, 11) is -3.78. The maximum Gasteiger partial charge on any atom is 0.409 e. The molecule has 9 heteroatoms. The standard InChI is InChI=1S/C22H27N3O5S/c1-4-30-22(27)25-14-12-24(13-15-25)21(26)18-8-10-19(11-9-18)31(28,29)23-20-7-5-6-16(2)17(20)3/h5-11,23H,4,12-15H2,1-3H3. The van der Waals surface area contributed by atoms with Crippen molar-refractivity contribution in [3.8, 4) is 0 Å². The summed E-state index contributed by atoms with van der Waals surface area (Å²) < 4.78 is 33.1. The van der Waals surface area contributed by atoms with Gasteiger partial charge in [-0.1, -0.05) is 12.1 Å². The molecule has 1 N–H and O–H groups in total. The van der Waals surface area contributed by atoms with E-state index in [4.69, 9.17) is 4.74 Å². The molecule has 1 aliphatic rings. The normalized spacial score (nSPS) is 14.3. The van der Waals surface area contributed by atoms with Crippen LogP contribution in [0.4, 0.5) is 10.5 Å². The lowest BCUT2D eigenvalue weighted by molar-refractivity contribution is 0.0570. The maximum absolute atomic E-state index is 12.8. The van der Waals surface area contributed by atoms with E-state index in [1.165, 1.54) is 24.3 Å². The molecular weight excluding hydrogens is 418 g/mol. The van der Waals surface area contributed by atoms with E-state index >= 15 is 0 Å². The van der Waals surface area contributed by atoms with E-state index < -0.39 is 10.0 Å². The number of nitrogens with zero attached hydrogens (tertiary/aromatic N) is 2. The summed E-state index contributed by atoms with van der Waals surface area (Å²) in [4.78, 5) is 27.8. The largest absolute Gasteiger partial charge is 0.450 e. The SMILES string of the molecule is CCOC(=O)N1CCN(C(=O)c2ccc(S(=O)(=O)Nc3cccc(C)c3C)cc2)CC1. The van der Waals surface area contributed by atoms with Crippen molar-refractivity contribution in [3.05, 3.63) is 59.2 Å². The van der Waals surface area contributed by atoms with Gasteiger partial charge in [0.05, 0.1) is 17.2 Å². The number of carbonyl (C=O) groups is 2. The van der Waals surface area contributed by atoms with Crippen molar-refractivity contribution in [2.75, 3.05) is 37.5 Å². The lowest BCUT2D eigenvalue weighted by atomic mass is 10.1. The Morgan fingerprint density at radius 3 is 2.19 bits per heavy atom. The molecule has 2 aromatic carbocycles. The van der Waals surface area contributed by atoms with Crippen LogP contribution >= 0.6 is 0 Å². The molecule has 1 saturated heterocycles. The fourth-order valence-corrected chi connectivity index (χ4v) is 4.45. The molecule has 8 nitrogen and oxygen atoms in total. The number of piperazine rings is 1. The predicted octanol–water partition coefficient (Wildman–Crippen LogP) is 3.02. The van der Waals surface area contributed by atoms with Gasteiger partial charge in [0.1, 0.15) is 0 Å². The molecule has 0 atom stereocenters. The Kier molecular flexibility index (Phi) is 6.84. The van der Waals surface area contributed by atoms with Crippen molar-refractivity contribution in [3.63, 3.8) is 0 Å². The van der Waals surface area contributed by atoms with Crippen LogP contribution in [0.1, 0.15) is 28.4 Å². The van der Waals surface area contributed by atoms with Gasteiger partial charge in [0, 0.05) is 31.7 Å². The number of ether oxygens (including phenoxy) is 1. The van der Waals surface area contributed by atoms with E-state index in [2.05, 4.69) is 4.72 Å². The second kappa shape index (κ2) is 9.38. The number of nitrogens with one attached hydrogen (secondary N) is 1. The summed E-state index contributed by atoms with van der Waals surface area (Å²) in [6, 6.07) is 11.3. The zero-order valence-electron chi connectivity index (χ0n) is 17.9. The monoisotopic (exact) mass is 445 g/mol. The highest BCUT2D eigenvalue weighted by Gasteiger charge is 2.26. The van der Waals surface area contributed by atoms with E-state index in [1.807, 2.05) is 19.9 Å². The van der Waals surface area contributed by atoms with E-state index in [0.29, 0.717) is 44.0 Å². The summed E-state index contributed by atoms with van der Waals surface area (Å²) >= 11 is 0. The molecule has 0 aromatic heterocycles. The third kappa shape index (κ3) is 5.16. The number of benzene rings is 2. The zero-order chi connectivity index (χ0) is 22.6. The smallest absolute Gasteiger partial charge is 0.409 e. The Balaban J connectivity index is 1.66. The lowest BCUT2D eigenvalue weighted by Crippen LogP contribution is -2.50. The topological polar surface area (TPSA) is 96.0 Å². The highest BCUT2D eigenvalue weighted by Crippen LogP contribution is 2.22. The Labute approximate surface area is 182 Å². The predicted molar refractivity (Wildman–Crippen MR) is 118 cm³/mol. The molecule has 0 aliphatic carbocycles. The number of anilines is 1. The summed E-state index contributed by atoms with van der Waals surface area (Å²) in [6.45, 7) is 7.42. The minimum atomic E-state index is -3.78. The van der Waals surface area contributed by atoms with Gasteiger partial charge in [0.15, 0.2) is 0 Å². The molecule has 3 rings (SSSR count). The number of rotatable bonds is 5. The first-order chi connectivity index (χ1) is 14.7. The molecule has 1 aliphatic heterocycles. The number of amides is 2. The zero-order valence-corrected chi connectivity index (χ0v) is 18.7. The maximum atomic E-state index is 12.8. The average molecular weight is 446 g/mol. The molecule has 0 radical (unpaired) electrons. The molecule has 2 aromatic rings. The third-order valence-electron chi connectivity index (χ3n) is 5.35. The van der Waals surface area contributed by atoms with E-state index in [-0.39, 0.29) is 16.9 Å². The molecule has 0 saturated carbocycles. The molecule has 0 unspecified atom stereocenters. The van der Waals surface area contributed by atoms with E-state index in [9.17, 15) is 18.0 Å². The first-order valence-corrected chi connectivity index (χ1v) is 11.6. The van der Waals surface area contributed by atoms with Gasteiger partial charge in [0.25, 0.3) is 15.9 Å². The van der Waals surface area contributed by atoms with Crippen LogP contribution in [0.25, 0.3) is 0 Å². The van der Waals surface area contributed by atoms with Crippen LogP contribution in [0.2, 0.25) is 0 Å². The van der Waals surface area contributed by atoms with Crippen LogP contribution < -0.4 is 4.72 Å². The first kappa shape index (κ1) is 22.6. The van der Waals surface area contributed by atoms with Crippen molar-refractivity contribution in [2.24, 2.45) is 0 Å². The number of carbonyl (C=O) groups excluding carboxylic acids is 2. The molecule has 166 valence electrons. The second-order valence-corrected chi connectivity index (χ2v) is 9.04. The van der Waals surface area contributed by atoms with Crippen LogP contribution in [0, 0.1) is 13.8 Å². The minimum Gasteiger partial charge on any atom is -0.450 e. The molecule has 1 heterocycles. The Morgan fingerprint density at radius 2 is 1.58 bits per heavy atom. The van der Waals surface area contributed by atoms with E-state index in [1.54, 1.807) is 28.9 Å². The Morgan fingerprint density at radius 1 is 0.968 bits per heavy atom. The molecule has 0 spiro atoms. The first-order valence-electron chi connectivity index (χ1n) is 10.1. The van der Waals surface area contributed by atoms with Crippen LogP contribution in [0.15, 0.2) is 47.4 Å². The van der Waals surface area contributed by atoms with Gasteiger partial charge in [-0.05, 0) is 62.2 Å². The van der Waals surface area contributed by atoms with Crippen LogP contribution in [-0.4, -0.2) is 63.0 Å². The second-order valence-electron chi connectivity index (χ2n) is 7.36. The molecule has 2 amide bonds. The molecular formula is C22H27N3O5S. The molecule has 31 heavy (non-hydrogen) atoms. The molecule has 0 bridgehead atoms. The van der Waals surface area contributed by atoms with Crippen molar-refractivity contribution in [2.45, 2.75) is 25.7 Å². The van der Waals surface area contributed by atoms with Crippen LogP contribution in [0.5, 0.6) is 0 Å². The van der Waals surface area contributed by atoms with Crippen molar-refractivity contribution < 1.29 is 22.7 Å². The van der Waals surface area contributed by atoms with Crippen molar-refractivity contribution >= 4 is 27.7 Å². The van der Waals surface area contributed by atoms with Crippen molar-refractivity contribution in [1.82, 2.24) is 9.80 Å². The van der Waals surface area contributed by atoms with Gasteiger partial charge in [-0.3, -0.25) is 9.52 Å². The number of aryl methyl sites for hydroxylation is 1. The average Bonchev–Trinajstić information content (AvgIpc) is 2.77. The van der Waals surface area contributed by atoms with Crippen molar-refractivity contribution in [1.29, 1.82) is 0 Å². The summed E-state index contributed by atoms with van der Waals surface area (Å²) in [6.07, 6.45) is -0.375. The fourth-order valence-electron chi connectivity index (χ4n) is 3.33. The Bertz CT molecular complexity index is 1060. The number of hydrogen-bond donors (Lipinski definition) is 1. The van der Waals surface area contributed by atoms with Gasteiger partial charge >= 0.3 is 6.09 Å². The van der Waals surface area contributed by atoms with Gasteiger partial charge in [-0.2, -0.15) is 0 Å². The van der Waals surface area contributed by atoms with Crippen LogP contribution in [-0.2, 0) is 14.8 Å². The third-order valence-corrected chi connectivity index (χ3v) is 6.73. The van der Waals surface area contributed by atoms with Gasteiger partial charge in [0.2, 0.25) is 0 Å². The summed E-state index contributed by atoms with van der Waals surface area (Å²) in [5.74, 6) is -0.199. The van der Waals surface area contributed by atoms with Gasteiger partial charge in [-0.15, -0.1) is 0 Å². The van der Waals surface area contributed by atoms with Crippen LogP contribution in [0.3, 0.4) is 0 Å². The summed E-state index contributed by atoms with van der Waals surface area (Å²) in [5.41, 5.74) is 2.78. The number of hydrogen-bond acceptors (Lipinski definition) is 5. The van der Waals surface area contributed by atoms with Gasteiger partial charge in [-0.25, -0.2) is 13.2 Å². The fraction of sp³-hybridized carbons (Fsp3) is 0.364. The lowest BCUT2D eigenvalue weighted by Gasteiger charge is -2.34. The van der Waals surface area contributed by atoms with Gasteiger partial charge < -0.3 is 14.5 Å². The molecule has 1 fully saturated rings. The summed E-state index contributed by atoms with van der Waals surface area (Å²) in [5, 5.41) is 0. The highest BCUT2D eigenvalue weighted by atomic mass is 32.2.